The predicted octanol–water partition coefficient (Wildman–Crippen LogP) is 4.65. The summed E-state index contributed by atoms with van der Waals surface area (Å²) < 4.78 is 5.86. The molecule has 0 spiro atoms. The Labute approximate surface area is 165 Å². The summed E-state index contributed by atoms with van der Waals surface area (Å²) in [4.78, 5) is 21.9. The van der Waals surface area contributed by atoms with Gasteiger partial charge in [0.2, 0.25) is 11.8 Å². The number of benzene rings is 1. The molecule has 3 aromatic heterocycles. The molecular weight excluding hydrogens is 372 g/mol. The first-order valence-electron chi connectivity index (χ1n) is 8.91. The van der Waals surface area contributed by atoms with Gasteiger partial charge in [0.1, 0.15) is 5.52 Å². The first-order valence-corrected chi connectivity index (χ1v) is 9.79. The molecule has 0 radical (unpaired) electrons. The molecule has 1 aliphatic rings. The molecule has 138 valence electrons. The van der Waals surface area contributed by atoms with E-state index in [9.17, 15) is 4.79 Å². The van der Waals surface area contributed by atoms with Crippen LogP contribution in [0.5, 0.6) is 0 Å². The van der Waals surface area contributed by atoms with Gasteiger partial charge in [-0.1, -0.05) is 6.07 Å². The summed E-state index contributed by atoms with van der Waals surface area (Å²) in [6, 6.07) is 13.6. The minimum Gasteiger partial charge on any atom is -0.436 e. The average molecular weight is 388 g/mol. The number of thiophene rings is 1. The zero-order valence-electron chi connectivity index (χ0n) is 15.1. The van der Waals surface area contributed by atoms with E-state index in [4.69, 9.17) is 4.42 Å². The third-order valence-electron chi connectivity index (χ3n) is 4.73. The summed E-state index contributed by atoms with van der Waals surface area (Å²) in [6.45, 7) is 1.55. The number of hydrogen-bond donors (Lipinski definition) is 0. The van der Waals surface area contributed by atoms with Gasteiger partial charge >= 0.3 is 0 Å². The molecule has 5 rings (SSSR count). The second kappa shape index (κ2) is 6.69. The summed E-state index contributed by atoms with van der Waals surface area (Å²) in [5.74, 6) is 0.477. The fraction of sp³-hybridized carbons (Fsp3) is 0.143. The number of carbonyl (C=O) groups excluding carboxylic acids is 1. The fourth-order valence-corrected chi connectivity index (χ4v) is 4.21. The van der Waals surface area contributed by atoms with Crippen LogP contribution in [0, 0.1) is 0 Å². The second-order valence-corrected chi connectivity index (χ2v) is 7.57. The Hall–Kier alpha value is -3.32. The van der Waals surface area contributed by atoms with Crippen LogP contribution < -0.4 is 0 Å². The van der Waals surface area contributed by atoms with Crippen molar-refractivity contribution in [2.24, 2.45) is 5.10 Å². The molecule has 0 saturated heterocycles. The zero-order chi connectivity index (χ0) is 19.1. The lowest BCUT2D eigenvalue weighted by atomic mass is 10.0. The summed E-state index contributed by atoms with van der Waals surface area (Å²) in [5, 5.41) is 8.21. The van der Waals surface area contributed by atoms with Crippen LogP contribution in [-0.2, 0) is 4.79 Å². The standard InChI is InChI=1S/C21H16N4O2S/c1-13(26)25-18(20-5-3-9-28-20)11-16(24-25)14-6-7-19-17(10-14)23-21(27-19)15-4-2-8-22-12-15/h2-10,12,18H,11H2,1H3. The lowest BCUT2D eigenvalue weighted by Crippen LogP contribution is -2.23. The van der Waals surface area contributed by atoms with E-state index in [0.717, 1.165) is 27.2 Å². The van der Waals surface area contributed by atoms with E-state index in [1.165, 1.54) is 0 Å². The van der Waals surface area contributed by atoms with Gasteiger partial charge in [-0.25, -0.2) is 9.99 Å². The molecule has 0 N–H and O–H groups in total. The van der Waals surface area contributed by atoms with Crippen molar-refractivity contribution in [3.05, 3.63) is 70.7 Å². The van der Waals surface area contributed by atoms with Crippen LogP contribution >= 0.6 is 11.3 Å². The minimum atomic E-state index is -0.0604. The molecule has 7 heteroatoms. The number of rotatable bonds is 3. The number of pyridine rings is 1. The van der Waals surface area contributed by atoms with Crippen LogP contribution in [0.1, 0.15) is 29.8 Å². The number of hydrogen-bond acceptors (Lipinski definition) is 6. The molecule has 0 aliphatic carbocycles. The molecule has 1 aliphatic heterocycles. The number of oxazole rings is 1. The Bertz CT molecular complexity index is 1180. The van der Waals surface area contributed by atoms with Gasteiger partial charge < -0.3 is 4.42 Å². The first-order chi connectivity index (χ1) is 13.7. The van der Waals surface area contributed by atoms with Crippen molar-refractivity contribution >= 4 is 34.1 Å². The van der Waals surface area contributed by atoms with Crippen molar-refractivity contribution in [1.29, 1.82) is 0 Å². The van der Waals surface area contributed by atoms with Crippen molar-refractivity contribution in [2.75, 3.05) is 0 Å². The summed E-state index contributed by atoms with van der Waals surface area (Å²) in [6.07, 6.45) is 4.12. The first kappa shape index (κ1) is 16.8. The number of nitrogens with zero attached hydrogens (tertiary/aromatic N) is 4. The summed E-state index contributed by atoms with van der Waals surface area (Å²) in [7, 11) is 0. The van der Waals surface area contributed by atoms with Crippen LogP contribution in [0.3, 0.4) is 0 Å². The van der Waals surface area contributed by atoms with E-state index in [2.05, 4.69) is 15.1 Å². The highest BCUT2D eigenvalue weighted by Gasteiger charge is 2.32. The molecule has 6 nitrogen and oxygen atoms in total. The maximum Gasteiger partial charge on any atom is 0.240 e. The van der Waals surface area contributed by atoms with E-state index in [1.807, 2.05) is 47.8 Å². The zero-order valence-corrected chi connectivity index (χ0v) is 15.9. The largest absolute Gasteiger partial charge is 0.436 e. The Morgan fingerprint density at radius 1 is 1.21 bits per heavy atom. The Morgan fingerprint density at radius 3 is 2.89 bits per heavy atom. The molecule has 4 aromatic rings. The van der Waals surface area contributed by atoms with Crippen molar-refractivity contribution < 1.29 is 9.21 Å². The minimum absolute atomic E-state index is 0.0496. The van der Waals surface area contributed by atoms with Gasteiger partial charge in [0, 0.05) is 36.2 Å². The molecule has 28 heavy (non-hydrogen) atoms. The van der Waals surface area contributed by atoms with E-state index >= 15 is 0 Å². The molecular formula is C21H16N4O2S. The highest BCUT2D eigenvalue weighted by Crippen LogP contribution is 2.35. The fourth-order valence-electron chi connectivity index (χ4n) is 3.40. The van der Waals surface area contributed by atoms with E-state index < -0.39 is 0 Å². The maximum atomic E-state index is 12.1. The number of aromatic nitrogens is 2. The van der Waals surface area contributed by atoms with Crippen LogP contribution in [0.2, 0.25) is 0 Å². The molecule has 0 bridgehead atoms. The van der Waals surface area contributed by atoms with Gasteiger partial charge in [0.05, 0.1) is 17.3 Å². The van der Waals surface area contributed by atoms with E-state index in [0.29, 0.717) is 17.9 Å². The third-order valence-corrected chi connectivity index (χ3v) is 5.71. The Balaban J connectivity index is 1.50. The van der Waals surface area contributed by atoms with Crippen molar-refractivity contribution in [2.45, 2.75) is 19.4 Å². The van der Waals surface area contributed by atoms with Gasteiger partial charge in [-0.05, 0) is 41.8 Å². The summed E-state index contributed by atoms with van der Waals surface area (Å²) >= 11 is 1.64. The van der Waals surface area contributed by atoms with Gasteiger partial charge in [0.15, 0.2) is 5.58 Å². The SMILES string of the molecule is CC(=O)N1N=C(c2ccc3oc(-c4cccnc4)nc3c2)CC1c1cccs1. The normalized spacial score (nSPS) is 16.5. The van der Waals surface area contributed by atoms with Crippen LogP contribution in [0.4, 0.5) is 0 Å². The maximum absolute atomic E-state index is 12.1. The highest BCUT2D eigenvalue weighted by atomic mass is 32.1. The average Bonchev–Trinajstić information content (AvgIpc) is 3.46. The van der Waals surface area contributed by atoms with Gasteiger partial charge in [-0.3, -0.25) is 9.78 Å². The molecule has 1 atom stereocenters. The van der Waals surface area contributed by atoms with Crippen LogP contribution in [-0.4, -0.2) is 26.6 Å². The molecule has 1 aromatic carbocycles. The number of carbonyl (C=O) groups is 1. The summed E-state index contributed by atoms with van der Waals surface area (Å²) in [5.41, 5.74) is 4.12. The predicted molar refractivity (Wildman–Crippen MR) is 108 cm³/mol. The number of amides is 1. The van der Waals surface area contributed by atoms with Crippen LogP contribution in [0.15, 0.2) is 69.8 Å². The van der Waals surface area contributed by atoms with Gasteiger partial charge in [0.25, 0.3) is 0 Å². The van der Waals surface area contributed by atoms with Crippen LogP contribution in [0.25, 0.3) is 22.6 Å². The smallest absolute Gasteiger partial charge is 0.240 e. The monoisotopic (exact) mass is 388 g/mol. The molecule has 4 heterocycles. The van der Waals surface area contributed by atoms with Crippen molar-refractivity contribution in [3.63, 3.8) is 0 Å². The van der Waals surface area contributed by atoms with Gasteiger partial charge in [-0.2, -0.15) is 5.10 Å². The van der Waals surface area contributed by atoms with Crippen molar-refractivity contribution in [3.8, 4) is 11.5 Å². The molecule has 0 saturated carbocycles. The number of fused-ring (bicyclic) bond motifs is 1. The highest BCUT2D eigenvalue weighted by molar-refractivity contribution is 7.10. The quantitative estimate of drug-likeness (QED) is 0.512. The Kier molecular flexibility index (Phi) is 4.02. The van der Waals surface area contributed by atoms with E-state index in [-0.39, 0.29) is 11.9 Å². The molecule has 1 unspecified atom stereocenters. The third kappa shape index (κ3) is 2.90. The molecule has 0 fully saturated rings. The second-order valence-electron chi connectivity index (χ2n) is 6.59. The topological polar surface area (TPSA) is 71.6 Å². The Morgan fingerprint density at radius 2 is 2.14 bits per heavy atom. The lowest BCUT2D eigenvalue weighted by molar-refractivity contribution is -0.130. The molecule has 1 amide bonds. The van der Waals surface area contributed by atoms with Gasteiger partial charge in [-0.15, -0.1) is 11.3 Å². The van der Waals surface area contributed by atoms with E-state index in [1.54, 1.807) is 35.7 Å². The lowest BCUT2D eigenvalue weighted by Gasteiger charge is -2.18. The number of hydrazone groups is 1. The van der Waals surface area contributed by atoms with Crippen molar-refractivity contribution in [1.82, 2.24) is 15.0 Å².